The Balaban J connectivity index is 1.42. The first kappa shape index (κ1) is 27.3. The van der Waals surface area contributed by atoms with Crippen molar-refractivity contribution in [2.45, 2.75) is 70.5 Å². The first-order valence-corrected chi connectivity index (χ1v) is 14.1. The van der Waals surface area contributed by atoms with E-state index >= 15 is 0 Å². The number of nitrogens with two attached hydrogens (primary N) is 1. The van der Waals surface area contributed by atoms with Crippen LogP contribution in [0.1, 0.15) is 56.6 Å². The summed E-state index contributed by atoms with van der Waals surface area (Å²) in [5.41, 5.74) is 8.44. The number of benzene rings is 2. The van der Waals surface area contributed by atoms with Crippen molar-refractivity contribution >= 4 is 11.8 Å². The molecule has 0 bridgehead atoms. The molecule has 2 fully saturated rings. The van der Waals surface area contributed by atoms with Crippen LogP contribution in [0, 0.1) is 11.8 Å². The molecular weight excluding hydrogens is 460 g/mol. The lowest BCUT2D eigenvalue weighted by molar-refractivity contribution is -0.142. The first-order chi connectivity index (χ1) is 18.0. The van der Waals surface area contributed by atoms with Crippen LogP contribution < -0.4 is 11.1 Å². The van der Waals surface area contributed by atoms with Gasteiger partial charge in [0.05, 0.1) is 0 Å². The van der Waals surface area contributed by atoms with Crippen LogP contribution in [0.5, 0.6) is 0 Å². The zero-order valence-electron chi connectivity index (χ0n) is 22.4. The number of hydrogen-bond donors (Lipinski definition) is 2. The Hall–Kier alpha value is -2.70. The van der Waals surface area contributed by atoms with E-state index in [1.165, 1.54) is 11.1 Å². The average Bonchev–Trinajstić information content (AvgIpc) is 2.95. The number of nitrogens with zero attached hydrogens (tertiary/aromatic N) is 2. The minimum absolute atomic E-state index is 0.00330. The lowest BCUT2D eigenvalue weighted by atomic mass is 9.82. The second-order valence-corrected chi connectivity index (χ2v) is 11.0. The maximum Gasteiger partial charge on any atom is 0.242 e. The Morgan fingerprint density at radius 2 is 1.54 bits per heavy atom. The fourth-order valence-electron chi connectivity index (χ4n) is 6.06. The Kier molecular flexibility index (Phi) is 10.1. The van der Waals surface area contributed by atoms with Gasteiger partial charge in [0.25, 0.3) is 0 Å². The fourth-order valence-corrected chi connectivity index (χ4v) is 6.06. The third-order valence-electron chi connectivity index (χ3n) is 8.42. The van der Waals surface area contributed by atoms with Crippen LogP contribution in [0.3, 0.4) is 0 Å². The summed E-state index contributed by atoms with van der Waals surface area (Å²) in [6.45, 7) is 5.44. The molecule has 200 valence electrons. The molecule has 2 aromatic carbocycles. The molecule has 6 heteroatoms. The minimum atomic E-state index is -0.411. The largest absolute Gasteiger partial charge is 0.354 e. The predicted octanol–water partition coefficient (Wildman–Crippen LogP) is 3.99. The van der Waals surface area contributed by atoms with Gasteiger partial charge in [-0.15, -0.1) is 0 Å². The molecule has 1 aliphatic heterocycles. The highest BCUT2D eigenvalue weighted by molar-refractivity contribution is 5.87. The van der Waals surface area contributed by atoms with Crippen molar-refractivity contribution in [3.8, 4) is 0 Å². The van der Waals surface area contributed by atoms with E-state index in [-0.39, 0.29) is 17.9 Å². The Labute approximate surface area is 222 Å². The normalized spacial score (nSPS) is 24.1. The molecule has 6 nitrogen and oxygen atoms in total. The standard InChI is InChI=1S/C31H44N4O2/c1-24(36)35-19-17-29(20-30(35)31(37)33-22-27-14-12-26(21-32)13-15-27)34(23-28-10-6-3-7-11-28)18-16-25-8-4-2-5-9-25/h2-11,26-27,29-30H,12-23,32H2,1H3,(H,33,37)/t26?,27?,29?,30-/m1/s1. The molecule has 1 unspecified atom stereocenters. The number of carbonyl (C=O) groups is 2. The van der Waals surface area contributed by atoms with E-state index in [4.69, 9.17) is 5.73 Å². The van der Waals surface area contributed by atoms with Gasteiger partial charge in [0, 0.05) is 39.1 Å². The summed E-state index contributed by atoms with van der Waals surface area (Å²) in [6.07, 6.45) is 7.06. The highest BCUT2D eigenvalue weighted by Gasteiger charge is 2.37. The summed E-state index contributed by atoms with van der Waals surface area (Å²) in [5, 5.41) is 3.22. The molecule has 4 rings (SSSR count). The van der Waals surface area contributed by atoms with E-state index in [0.29, 0.717) is 31.3 Å². The zero-order valence-corrected chi connectivity index (χ0v) is 22.4. The third kappa shape index (κ3) is 7.89. The molecule has 1 saturated heterocycles. The van der Waals surface area contributed by atoms with Gasteiger partial charge in [0.2, 0.25) is 11.8 Å². The average molecular weight is 505 g/mol. The molecular formula is C31H44N4O2. The second kappa shape index (κ2) is 13.7. The maximum absolute atomic E-state index is 13.4. The van der Waals surface area contributed by atoms with Crippen molar-refractivity contribution in [3.05, 3.63) is 71.8 Å². The quantitative estimate of drug-likeness (QED) is 0.513. The van der Waals surface area contributed by atoms with Gasteiger partial charge >= 0.3 is 0 Å². The molecule has 2 aliphatic rings. The van der Waals surface area contributed by atoms with Crippen molar-refractivity contribution in [1.82, 2.24) is 15.1 Å². The summed E-state index contributed by atoms with van der Waals surface area (Å²) in [5.74, 6) is 1.13. The Morgan fingerprint density at radius 1 is 0.919 bits per heavy atom. The van der Waals surface area contributed by atoms with Crippen LogP contribution >= 0.6 is 0 Å². The van der Waals surface area contributed by atoms with E-state index in [0.717, 1.165) is 58.2 Å². The van der Waals surface area contributed by atoms with Crippen LogP contribution in [-0.4, -0.2) is 59.9 Å². The fraction of sp³-hybridized carbons (Fsp3) is 0.548. The van der Waals surface area contributed by atoms with Gasteiger partial charge in [-0.3, -0.25) is 14.5 Å². The van der Waals surface area contributed by atoms with Crippen molar-refractivity contribution in [2.24, 2.45) is 17.6 Å². The summed E-state index contributed by atoms with van der Waals surface area (Å²) in [7, 11) is 0. The number of carbonyl (C=O) groups excluding carboxylic acids is 2. The van der Waals surface area contributed by atoms with Gasteiger partial charge in [-0.05, 0) is 74.5 Å². The van der Waals surface area contributed by atoms with E-state index in [1.54, 1.807) is 11.8 Å². The van der Waals surface area contributed by atoms with Gasteiger partial charge in [-0.1, -0.05) is 60.7 Å². The summed E-state index contributed by atoms with van der Waals surface area (Å²) < 4.78 is 0. The van der Waals surface area contributed by atoms with Crippen LogP contribution in [0.15, 0.2) is 60.7 Å². The lowest BCUT2D eigenvalue weighted by Crippen LogP contribution is -2.57. The van der Waals surface area contributed by atoms with Crippen LogP contribution in [0.25, 0.3) is 0 Å². The predicted molar refractivity (Wildman–Crippen MR) is 149 cm³/mol. The third-order valence-corrected chi connectivity index (χ3v) is 8.42. The number of rotatable bonds is 10. The molecule has 2 aromatic rings. The number of nitrogens with one attached hydrogen (secondary N) is 1. The molecule has 0 radical (unpaired) electrons. The van der Waals surface area contributed by atoms with Crippen LogP contribution in [0.2, 0.25) is 0 Å². The monoisotopic (exact) mass is 504 g/mol. The van der Waals surface area contributed by atoms with E-state index in [1.807, 2.05) is 6.07 Å². The molecule has 2 atom stereocenters. The molecule has 3 N–H and O–H groups in total. The van der Waals surface area contributed by atoms with E-state index in [9.17, 15) is 9.59 Å². The molecule has 1 aliphatic carbocycles. The summed E-state index contributed by atoms with van der Waals surface area (Å²) >= 11 is 0. The number of piperidine rings is 1. The smallest absolute Gasteiger partial charge is 0.242 e. The topological polar surface area (TPSA) is 78.7 Å². The van der Waals surface area contributed by atoms with Crippen molar-refractivity contribution in [1.29, 1.82) is 0 Å². The number of hydrogen-bond acceptors (Lipinski definition) is 4. The van der Waals surface area contributed by atoms with Crippen LogP contribution in [-0.2, 0) is 22.6 Å². The molecule has 37 heavy (non-hydrogen) atoms. The van der Waals surface area contributed by atoms with E-state index in [2.05, 4.69) is 64.8 Å². The Morgan fingerprint density at radius 3 is 2.16 bits per heavy atom. The first-order valence-electron chi connectivity index (χ1n) is 14.1. The van der Waals surface area contributed by atoms with Gasteiger partial charge in [0.15, 0.2) is 0 Å². The number of amides is 2. The molecule has 1 saturated carbocycles. The minimum Gasteiger partial charge on any atom is -0.354 e. The lowest BCUT2D eigenvalue weighted by Gasteiger charge is -2.43. The molecule has 2 amide bonds. The van der Waals surface area contributed by atoms with Gasteiger partial charge < -0.3 is 16.0 Å². The SMILES string of the molecule is CC(=O)N1CCC(N(CCc2ccccc2)Cc2ccccc2)C[C@@H]1C(=O)NCC1CCC(CN)CC1. The Bertz CT molecular complexity index is 975. The highest BCUT2D eigenvalue weighted by atomic mass is 16.2. The summed E-state index contributed by atoms with van der Waals surface area (Å²) in [6, 6.07) is 21.0. The molecule has 0 aromatic heterocycles. The van der Waals surface area contributed by atoms with Gasteiger partial charge in [0.1, 0.15) is 6.04 Å². The van der Waals surface area contributed by atoms with Crippen molar-refractivity contribution in [2.75, 3.05) is 26.2 Å². The van der Waals surface area contributed by atoms with Gasteiger partial charge in [-0.2, -0.15) is 0 Å². The van der Waals surface area contributed by atoms with Crippen LogP contribution in [0.4, 0.5) is 0 Å². The van der Waals surface area contributed by atoms with Crippen molar-refractivity contribution in [3.63, 3.8) is 0 Å². The van der Waals surface area contributed by atoms with Gasteiger partial charge in [-0.25, -0.2) is 0 Å². The second-order valence-electron chi connectivity index (χ2n) is 11.0. The molecule has 0 spiro atoms. The van der Waals surface area contributed by atoms with Crippen molar-refractivity contribution < 1.29 is 9.59 Å². The zero-order chi connectivity index (χ0) is 26.0. The molecule has 1 heterocycles. The maximum atomic E-state index is 13.4. The van der Waals surface area contributed by atoms with E-state index < -0.39 is 6.04 Å². The summed E-state index contributed by atoms with van der Waals surface area (Å²) in [4.78, 5) is 30.2. The highest BCUT2D eigenvalue weighted by Crippen LogP contribution is 2.28. The number of likely N-dealkylation sites (tertiary alicyclic amines) is 1.